The molecule has 1 rings (SSSR count). The molecule has 0 aromatic carbocycles. The van der Waals surface area contributed by atoms with E-state index in [9.17, 15) is 20.1 Å². The van der Waals surface area contributed by atoms with Crippen molar-refractivity contribution in [3.05, 3.63) is 0 Å². The monoisotopic (exact) mass is 253 g/mol. The third-order valence-corrected chi connectivity index (χ3v) is 3.83. The minimum absolute atomic E-state index is 0.270. The van der Waals surface area contributed by atoms with Crippen LogP contribution >= 0.6 is 11.8 Å². The van der Waals surface area contributed by atoms with Crippen molar-refractivity contribution in [3.63, 3.8) is 0 Å². The van der Waals surface area contributed by atoms with E-state index in [1.165, 1.54) is 5.32 Å². The molecule has 0 spiro atoms. The predicted molar refractivity (Wildman–Crippen MR) is 52.1 cm³/mol. The summed E-state index contributed by atoms with van der Waals surface area (Å²) in [5.74, 6) is -0.953. The second-order valence-corrected chi connectivity index (χ2v) is 4.86. The maximum Gasteiger partial charge on any atom is 0.162 e. The van der Waals surface area contributed by atoms with Crippen molar-refractivity contribution in [3.8, 4) is 0 Å². The Morgan fingerprint density at radius 3 is 2.56 bits per heavy atom. The second-order valence-electron chi connectivity index (χ2n) is 3.65. The van der Waals surface area contributed by atoms with Gasteiger partial charge in [0.05, 0.1) is 12.4 Å². The van der Waals surface area contributed by atoms with Crippen molar-refractivity contribution in [1.82, 2.24) is 0 Å². The molecule has 0 aromatic heterocycles. The van der Waals surface area contributed by atoms with Crippen LogP contribution in [0, 0.1) is 0 Å². The lowest BCUT2D eigenvalue weighted by atomic mass is 10.1. The van der Waals surface area contributed by atoms with E-state index in [0.29, 0.717) is 0 Å². The Bertz CT molecular complexity index is 253. The molecule has 0 bridgehead atoms. The number of carboxylic acids is 1. The average molecular weight is 253 g/mol. The summed E-state index contributed by atoms with van der Waals surface area (Å²) in [7, 11) is 0. The lowest BCUT2D eigenvalue weighted by Crippen LogP contribution is -2.96. The van der Waals surface area contributed by atoms with Gasteiger partial charge in [-0.2, -0.15) is 0 Å². The number of aliphatic carboxylic acids is 1. The predicted octanol–water partition coefficient (Wildman–Crippen LogP) is -5.18. The van der Waals surface area contributed by atoms with Crippen LogP contribution in [0.4, 0.5) is 0 Å². The van der Waals surface area contributed by atoms with Gasteiger partial charge in [-0.05, 0) is 0 Å². The van der Waals surface area contributed by atoms with Crippen molar-refractivity contribution in [1.29, 1.82) is 0 Å². The average Bonchev–Trinajstić information content (AvgIpc) is 2.75. The first-order valence-electron chi connectivity index (χ1n) is 4.80. The fourth-order valence-corrected chi connectivity index (χ4v) is 2.78. The molecule has 1 fully saturated rings. The maximum atomic E-state index is 10.5. The minimum atomic E-state index is -1.50. The summed E-state index contributed by atoms with van der Waals surface area (Å²) in [5, 5.41) is 48.1. The summed E-state index contributed by atoms with van der Waals surface area (Å²) in [6, 6.07) is -0.761. The molecule has 1 aliphatic heterocycles. The number of hydrogen-bond donors (Lipinski definition) is 5. The number of hydrogen-bond acceptors (Lipinski definition) is 7. The SMILES string of the molecule is O=C([O-])[C@@H]1CS[C@H]([C@H](O)[C@H](O)[C@H](O)CO)[NH2+]1. The van der Waals surface area contributed by atoms with Gasteiger partial charge in [-0.3, -0.25) is 0 Å². The fourth-order valence-electron chi connectivity index (χ4n) is 1.44. The van der Waals surface area contributed by atoms with Crippen molar-refractivity contribution in [2.24, 2.45) is 0 Å². The number of carboxylic acid groups (broad SMARTS) is 1. The van der Waals surface area contributed by atoms with Crippen LogP contribution in [0.15, 0.2) is 0 Å². The van der Waals surface area contributed by atoms with E-state index in [0.717, 1.165) is 11.8 Å². The molecule has 6 N–H and O–H groups in total. The molecule has 0 amide bonds. The van der Waals surface area contributed by atoms with Gasteiger partial charge in [0, 0.05) is 0 Å². The Morgan fingerprint density at radius 1 is 1.50 bits per heavy atom. The van der Waals surface area contributed by atoms with E-state index < -0.39 is 42.3 Å². The Labute approximate surface area is 96.1 Å². The summed E-state index contributed by atoms with van der Waals surface area (Å²) in [6.07, 6.45) is -4.25. The molecule has 0 radical (unpaired) electrons. The smallest absolute Gasteiger partial charge is 0.162 e. The number of aliphatic hydroxyl groups is 4. The normalized spacial score (nSPS) is 31.0. The topological polar surface area (TPSA) is 138 Å². The number of nitrogens with two attached hydrogens (primary N) is 1. The lowest BCUT2D eigenvalue weighted by Gasteiger charge is -2.24. The zero-order valence-electron chi connectivity index (χ0n) is 8.39. The Hall–Kier alpha value is -0.380. The van der Waals surface area contributed by atoms with E-state index in [2.05, 4.69) is 0 Å². The molecule has 1 aliphatic rings. The van der Waals surface area contributed by atoms with Crippen LogP contribution in [0.2, 0.25) is 0 Å². The molecule has 0 unspecified atom stereocenters. The first kappa shape index (κ1) is 13.7. The summed E-state index contributed by atoms with van der Waals surface area (Å²) >= 11 is 1.16. The van der Waals surface area contributed by atoms with Crippen LogP contribution in [-0.4, -0.2) is 68.5 Å². The number of rotatable bonds is 5. The van der Waals surface area contributed by atoms with Gasteiger partial charge in [0.25, 0.3) is 0 Å². The first-order chi connectivity index (χ1) is 7.47. The van der Waals surface area contributed by atoms with E-state index in [4.69, 9.17) is 10.2 Å². The fraction of sp³-hybridized carbons (Fsp3) is 0.875. The molecule has 7 nitrogen and oxygen atoms in total. The standard InChI is InChI=1S/C8H15NO6S/c10-1-4(11)5(12)6(13)7-9-3(2-16-7)8(14)15/h3-7,9-13H,1-2H2,(H,14,15)/t3-,4+,5+,6+,7+/m0/s1. The molecule has 94 valence electrons. The van der Waals surface area contributed by atoms with E-state index in [1.54, 1.807) is 0 Å². The Morgan fingerprint density at radius 2 is 2.12 bits per heavy atom. The zero-order chi connectivity index (χ0) is 12.3. The number of quaternary nitrogens is 1. The Kier molecular flexibility index (Phi) is 4.96. The quantitative estimate of drug-likeness (QED) is 0.330. The van der Waals surface area contributed by atoms with Crippen LogP contribution in [0.5, 0.6) is 0 Å². The van der Waals surface area contributed by atoms with Gasteiger partial charge in [-0.25, -0.2) is 0 Å². The number of carbonyl (C=O) groups excluding carboxylic acids is 1. The molecule has 16 heavy (non-hydrogen) atoms. The van der Waals surface area contributed by atoms with Crippen molar-refractivity contribution in [2.45, 2.75) is 29.7 Å². The second kappa shape index (κ2) is 5.80. The molecule has 0 saturated carbocycles. The molecule has 1 saturated heterocycles. The zero-order valence-corrected chi connectivity index (χ0v) is 9.21. The van der Waals surface area contributed by atoms with Gasteiger partial charge in [0.15, 0.2) is 5.37 Å². The minimum Gasteiger partial charge on any atom is -0.544 e. The number of aliphatic hydroxyl groups excluding tert-OH is 4. The highest BCUT2D eigenvalue weighted by Crippen LogP contribution is 2.18. The van der Waals surface area contributed by atoms with Crippen LogP contribution in [0.25, 0.3) is 0 Å². The maximum absolute atomic E-state index is 10.5. The molecule has 0 aliphatic carbocycles. The molecule has 5 atom stereocenters. The van der Waals surface area contributed by atoms with E-state index in [-0.39, 0.29) is 5.75 Å². The van der Waals surface area contributed by atoms with E-state index in [1.807, 2.05) is 0 Å². The van der Waals surface area contributed by atoms with Crippen molar-refractivity contribution >= 4 is 17.7 Å². The third-order valence-electron chi connectivity index (χ3n) is 2.46. The Balaban J connectivity index is 2.50. The van der Waals surface area contributed by atoms with Crippen LogP contribution in [0.3, 0.4) is 0 Å². The van der Waals surface area contributed by atoms with Crippen molar-refractivity contribution in [2.75, 3.05) is 12.4 Å². The van der Waals surface area contributed by atoms with Gasteiger partial charge >= 0.3 is 0 Å². The van der Waals surface area contributed by atoms with Gasteiger partial charge in [0.1, 0.15) is 30.3 Å². The highest BCUT2D eigenvalue weighted by atomic mass is 32.2. The third kappa shape index (κ3) is 3.06. The number of carbonyl (C=O) groups is 1. The molecule has 8 heteroatoms. The van der Waals surface area contributed by atoms with Crippen LogP contribution < -0.4 is 10.4 Å². The summed E-state index contributed by atoms with van der Waals surface area (Å²) < 4.78 is 0. The molecule has 1 heterocycles. The van der Waals surface area contributed by atoms with Crippen LogP contribution in [-0.2, 0) is 4.79 Å². The van der Waals surface area contributed by atoms with Gasteiger partial charge in [0.2, 0.25) is 0 Å². The van der Waals surface area contributed by atoms with Gasteiger partial charge in [-0.1, -0.05) is 11.8 Å². The summed E-state index contributed by atoms with van der Waals surface area (Å²) in [6.45, 7) is -0.667. The van der Waals surface area contributed by atoms with Crippen LogP contribution in [0.1, 0.15) is 0 Å². The summed E-state index contributed by atoms with van der Waals surface area (Å²) in [4.78, 5) is 10.5. The van der Waals surface area contributed by atoms with Gasteiger partial charge in [-0.15, -0.1) is 0 Å². The lowest BCUT2D eigenvalue weighted by molar-refractivity contribution is -0.692. The number of thioether (sulfide) groups is 1. The largest absolute Gasteiger partial charge is 0.544 e. The van der Waals surface area contributed by atoms with Crippen molar-refractivity contribution < 1.29 is 35.6 Å². The molecule has 0 aromatic rings. The molecular formula is C8H15NO6S. The van der Waals surface area contributed by atoms with Gasteiger partial charge < -0.3 is 35.6 Å². The summed E-state index contributed by atoms with van der Waals surface area (Å²) in [5.41, 5.74) is 0. The highest BCUT2D eigenvalue weighted by molar-refractivity contribution is 8.00. The highest BCUT2D eigenvalue weighted by Gasteiger charge is 2.40. The van der Waals surface area contributed by atoms with E-state index >= 15 is 0 Å². The molecular weight excluding hydrogens is 238 g/mol. The first-order valence-corrected chi connectivity index (χ1v) is 5.84.